The minimum Gasteiger partial charge on any atom is -0.321 e. The van der Waals surface area contributed by atoms with Gasteiger partial charge in [-0.2, -0.15) is 0 Å². The van der Waals surface area contributed by atoms with Gasteiger partial charge in [0.25, 0.3) is 5.91 Å². The average Bonchev–Trinajstić information content (AvgIpc) is 2.81. The molecule has 0 spiro atoms. The van der Waals surface area contributed by atoms with E-state index < -0.39 is 0 Å². The molecular weight excluding hydrogens is 334 g/mol. The Morgan fingerprint density at radius 1 is 1.15 bits per heavy atom. The summed E-state index contributed by atoms with van der Waals surface area (Å²) < 4.78 is 2.09. The van der Waals surface area contributed by atoms with Crippen LogP contribution < -0.4 is 5.32 Å². The second-order valence-electron chi connectivity index (χ2n) is 4.62. The molecule has 1 aromatic heterocycles. The highest BCUT2D eigenvalue weighted by molar-refractivity contribution is 9.10. The normalized spacial score (nSPS) is 10.7. The molecule has 1 N–H and O–H groups in total. The van der Waals surface area contributed by atoms with Gasteiger partial charge in [-0.05, 0) is 48.2 Å². The fraction of sp³-hybridized carbons (Fsp3) is 0.0625. The SMILES string of the molecule is Cc1cc(Br)cc(NC(=O)c2cc3ccccc3s2)c1. The Balaban J connectivity index is 1.88. The van der Waals surface area contributed by atoms with Crippen LogP contribution in [0.3, 0.4) is 0 Å². The van der Waals surface area contributed by atoms with Crippen molar-refractivity contribution in [3.05, 3.63) is 63.4 Å². The van der Waals surface area contributed by atoms with Crippen LogP contribution in [0.5, 0.6) is 0 Å². The van der Waals surface area contributed by atoms with Crippen LogP contribution in [0.2, 0.25) is 0 Å². The second-order valence-corrected chi connectivity index (χ2v) is 6.62. The quantitative estimate of drug-likeness (QED) is 0.677. The van der Waals surface area contributed by atoms with E-state index in [2.05, 4.69) is 21.2 Å². The van der Waals surface area contributed by atoms with Crippen LogP contribution in [0.25, 0.3) is 10.1 Å². The minimum atomic E-state index is -0.0660. The fourth-order valence-electron chi connectivity index (χ4n) is 2.09. The van der Waals surface area contributed by atoms with Crippen molar-refractivity contribution in [1.29, 1.82) is 0 Å². The number of nitrogens with one attached hydrogen (secondary N) is 1. The highest BCUT2D eigenvalue weighted by atomic mass is 79.9. The van der Waals surface area contributed by atoms with Gasteiger partial charge in [0.1, 0.15) is 0 Å². The van der Waals surface area contributed by atoms with E-state index in [0.29, 0.717) is 0 Å². The molecule has 3 rings (SSSR count). The monoisotopic (exact) mass is 345 g/mol. The molecule has 3 aromatic rings. The third-order valence-electron chi connectivity index (χ3n) is 2.95. The van der Waals surface area contributed by atoms with Crippen molar-refractivity contribution >= 4 is 48.9 Å². The van der Waals surface area contributed by atoms with Gasteiger partial charge in [-0.15, -0.1) is 11.3 Å². The van der Waals surface area contributed by atoms with Crippen molar-refractivity contribution < 1.29 is 4.79 Å². The first kappa shape index (κ1) is 13.3. The first-order valence-corrected chi connectivity index (χ1v) is 7.80. The average molecular weight is 346 g/mol. The van der Waals surface area contributed by atoms with Gasteiger partial charge in [0.15, 0.2) is 0 Å². The molecule has 0 bridgehead atoms. The lowest BCUT2D eigenvalue weighted by molar-refractivity contribution is 0.103. The van der Waals surface area contributed by atoms with Gasteiger partial charge in [0.2, 0.25) is 0 Å². The van der Waals surface area contributed by atoms with Crippen LogP contribution in [-0.2, 0) is 0 Å². The predicted molar refractivity (Wildman–Crippen MR) is 88.7 cm³/mol. The zero-order chi connectivity index (χ0) is 14.1. The molecule has 2 nitrogen and oxygen atoms in total. The van der Waals surface area contributed by atoms with E-state index in [1.54, 1.807) is 0 Å². The smallest absolute Gasteiger partial charge is 0.265 e. The lowest BCUT2D eigenvalue weighted by Gasteiger charge is -2.05. The van der Waals surface area contributed by atoms with E-state index in [9.17, 15) is 4.79 Å². The zero-order valence-corrected chi connectivity index (χ0v) is 13.2. The van der Waals surface area contributed by atoms with Crippen molar-refractivity contribution in [3.8, 4) is 0 Å². The molecule has 0 radical (unpaired) electrons. The number of anilines is 1. The van der Waals surface area contributed by atoms with Crippen molar-refractivity contribution in [2.45, 2.75) is 6.92 Å². The molecule has 0 aliphatic carbocycles. The summed E-state index contributed by atoms with van der Waals surface area (Å²) in [5.41, 5.74) is 1.91. The summed E-state index contributed by atoms with van der Waals surface area (Å²) in [4.78, 5) is 13.0. The standard InChI is InChI=1S/C16H12BrNOS/c1-10-6-12(17)9-13(7-10)18-16(19)15-8-11-4-2-3-5-14(11)20-15/h2-9H,1H3,(H,18,19). The third-order valence-corrected chi connectivity index (χ3v) is 4.52. The topological polar surface area (TPSA) is 29.1 Å². The molecule has 0 saturated heterocycles. The second kappa shape index (κ2) is 5.38. The summed E-state index contributed by atoms with van der Waals surface area (Å²) in [6, 6.07) is 15.8. The Kier molecular flexibility index (Phi) is 3.59. The molecular formula is C16H12BrNOS. The number of hydrogen-bond acceptors (Lipinski definition) is 2. The third kappa shape index (κ3) is 2.76. The number of rotatable bonds is 2. The summed E-state index contributed by atoms with van der Waals surface area (Å²) >= 11 is 4.95. The van der Waals surface area contributed by atoms with E-state index in [0.717, 1.165) is 30.7 Å². The Morgan fingerprint density at radius 2 is 1.95 bits per heavy atom. The van der Waals surface area contributed by atoms with Gasteiger partial charge in [0, 0.05) is 14.9 Å². The maximum absolute atomic E-state index is 12.3. The van der Waals surface area contributed by atoms with Gasteiger partial charge >= 0.3 is 0 Å². The van der Waals surface area contributed by atoms with Crippen molar-refractivity contribution in [2.75, 3.05) is 5.32 Å². The number of fused-ring (bicyclic) bond motifs is 1. The lowest BCUT2D eigenvalue weighted by Crippen LogP contribution is -2.10. The number of amides is 1. The van der Waals surface area contributed by atoms with Crippen molar-refractivity contribution in [2.24, 2.45) is 0 Å². The van der Waals surface area contributed by atoms with E-state index in [4.69, 9.17) is 0 Å². The van der Waals surface area contributed by atoms with Crippen molar-refractivity contribution in [1.82, 2.24) is 0 Å². The molecule has 2 aromatic carbocycles. The number of aryl methyl sites for hydroxylation is 1. The number of thiophene rings is 1. The summed E-state index contributed by atoms with van der Waals surface area (Å²) in [6.07, 6.45) is 0. The van der Waals surface area contributed by atoms with Crippen LogP contribution >= 0.6 is 27.3 Å². The molecule has 0 atom stereocenters. The van der Waals surface area contributed by atoms with Gasteiger partial charge in [0.05, 0.1) is 4.88 Å². The Labute approximate surface area is 129 Å². The Bertz CT molecular complexity index is 741. The van der Waals surface area contributed by atoms with E-state index >= 15 is 0 Å². The van der Waals surface area contributed by atoms with E-state index in [1.165, 1.54) is 11.3 Å². The number of carbonyl (C=O) groups is 1. The van der Waals surface area contributed by atoms with E-state index in [-0.39, 0.29) is 5.91 Å². The van der Waals surface area contributed by atoms with E-state index in [1.807, 2.05) is 55.5 Å². The summed E-state index contributed by atoms with van der Waals surface area (Å²) in [5.74, 6) is -0.0660. The zero-order valence-electron chi connectivity index (χ0n) is 10.8. The molecule has 1 heterocycles. The van der Waals surface area contributed by atoms with Gasteiger partial charge in [-0.1, -0.05) is 34.1 Å². The molecule has 0 unspecified atom stereocenters. The van der Waals surface area contributed by atoms with Crippen molar-refractivity contribution in [3.63, 3.8) is 0 Å². The Morgan fingerprint density at radius 3 is 2.70 bits per heavy atom. The largest absolute Gasteiger partial charge is 0.321 e. The molecule has 1 amide bonds. The van der Waals surface area contributed by atoms with Crippen LogP contribution in [0.1, 0.15) is 15.2 Å². The highest BCUT2D eigenvalue weighted by Gasteiger charge is 2.10. The molecule has 0 fully saturated rings. The first-order valence-electron chi connectivity index (χ1n) is 6.19. The minimum absolute atomic E-state index is 0.0660. The van der Waals surface area contributed by atoms with Crippen LogP contribution in [0.4, 0.5) is 5.69 Å². The van der Waals surface area contributed by atoms with Crippen LogP contribution in [0.15, 0.2) is 53.0 Å². The number of halogens is 1. The highest BCUT2D eigenvalue weighted by Crippen LogP contribution is 2.26. The number of hydrogen-bond donors (Lipinski definition) is 1. The molecule has 0 saturated carbocycles. The molecule has 100 valence electrons. The molecule has 0 aliphatic heterocycles. The molecule has 0 aliphatic rings. The van der Waals surface area contributed by atoms with Gasteiger partial charge in [-0.3, -0.25) is 4.79 Å². The maximum Gasteiger partial charge on any atom is 0.265 e. The lowest BCUT2D eigenvalue weighted by atomic mass is 10.2. The Hall–Kier alpha value is -1.65. The summed E-state index contributed by atoms with van der Waals surface area (Å²) in [6.45, 7) is 2.00. The fourth-order valence-corrected chi connectivity index (χ4v) is 3.66. The molecule has 4 heteroatoms. The number of benzene rings is 2. The molecule has 20 heavy (non-hydrogen) atoms. The van der Waals surface area contributed by atoms with Crippen LogP contribution in [0, 0.1) is 6.92 Å². The van der Waals surface area contributed by atoms with Gasteiger partial charge in [-0.25, -0.2) is 0 Å². The first-order chi connectivity index (χ1) is 9.61. The predicted octanol–water partition coefficient (Wildman–Crippen LogP) is 5.22. The number of carbonyl (C=O) groups excluding carboxylic acids is 1. The van der Waals surface area contributed by atoms with Gasteiger partial charge < -0.3 is 5.32 Å². The van der Waals surface area contributed by atoms with Crippen LogP contribution in [-0.4, -0.2) is 5.91 Å². The maximum atomic E-state index is 12.3. The summed E-state index contributed by atoms with van der Waals surface area (Å²) in [7, 11) is 0. The summed E-state index contributed by atoms with van der Waals surface area (Å²) in [5, 5.41) is 4.05.